The van der Waals surface area contributed by atoms with E-state index in [-0.39, 0.29) is 18.0 Å². The van der Waals surface area contributed by atoms with Crippen LogP contribution >= 0.6 is 11.6 Å². The molecular formula is C24H35ClFN3O2. The van der Waals surface area contributed by atoms with Crippen molar-refractivity contribution < 1.29 is 14.3 Å². The molecule has 0 aromatic heterocycles. The molecule has 2 aliphatic rings. The lowest BCUT2D eigenvalue weighted by molar-refractivity contribution is -0.0153. The molecule has 5 nitrogen and oxygen atoms in total. The third-order valence-corrected chi connectivity index (χ3v) is 7.54. The van der Waals surface area contributed by atoms with E-state index in [0.29, 0.717) is 54.9 Å². The van der Waals surface area contributed by atoms with Gasteiger partial charge in [-0.15, -0.1) is 0 Å². The highest BCUT2D eigenvalue weighted by molar-refractivity contribution is 6.30. The van der Waals surface area contributed by atoms with E-state index in [4.69, 9.17) is 17.0 Å². The molecule has 1 heterocycles. The second-order valence-electron chi connectivity index (χ2n) is 10.1. The van der Waals surface area contributed by atoms with Crippen molar-refractivity contribution in [3.8, 4) is 0 Å². The number of halogens is 2. The lowest BCUT2D eigenvalue weighted by Gasteiger charge is -2.43. The van der Waals surface area contributed by atoms with Gasteiger partial charge in [0.15, 0.2) is 0 Å². The standard InChI is InChI=1S/C24H35ClFN3O2/c1-23(2,21(30)17-12-16(15-27)13-19(25)14-17)18-6-10-29(11-7-18)22(31)28-20-4-8-24(3,26)9-5-20/h12-15,18,20-21,27,30H,4-11H2,1-3H3,(H,28,31). The number of benzene rings is 1. The summed E-state index contributed by atoms with van der Waals surface area (Å²) < 4.78 is 14.0. The van der Waals surface area contributed by atoms with Crippen LogP contribution in [0.25, 0.3) is 0 Å². The van der Waals surface area contributed by atoms with Crippen LogP contribution in [0.2, 0.25) is 5.02 Å². The number of alkyl halides is 1. The number of carbonyl (C=O) groups is 1. The van der Waals surface area contributed by atoms with Crippen molar-refractivity contribution in [1.82, 2.24) is 10.2 Å². The van der Waals surface area contributed by atoms with Gasteiger partial charge in [0.05, 0.1) is 6.10 Å². The van der Waals surface area contributed by atoms with Gasteiger partial charge in [-0.1, -0.05) is 25.4 Å². The van der Waals surface area contributed by atoms with Gasteiger partial charge in [0, 0.05) is 30.4 Å². The van der Waals surface area contributed by atoms with Crippen molar-refractivity contribution in [1.29, 1.82) is 5.41 Å². The van der Waals surface area contributed by atoms with E-state index in [1.165, 1.54) is 6.21 Å². The third kappa shape index (κ3) is 5.78. The Morgan fingerprint density at radius 1 is 1.29 bits per heavy atom. The molecule has 0 bridgehead atoms. The van der Waals surface area contributed by atoms with E-state index in [0.717, 1.165) is 12.8 Å². The summed E-state index contributed by atoms with van der Waals surface area (Å²) in [7, 11) is 0. The van der Waals surface area contributed by atoms with Crippen LogP contribution in [0.3, 0.4) is 0 Å². The monoisotopic (exact) mass is 451 g/mol. The zero-order valence-corrected chi connectivity index (χ0v) is 19.5. The average molecular weight is 452 g/mol. The summed E-state index contributed by atoms with van der Waals surface area (Å²) in [5.74, 6) is 0.246. The van der Waals surface area contributed by atoms with Gasteiger partial charge in [-0.3, -0.25) is 0 Å². The second-order valence-corrected chi connectivity index (χ2v) is 10.5. The quantitative estimate of drug-likeness (QED) is 0.517. The molecule has 1 aromatic rings. The van der Waals surface area contributed by atoms with Gasteiger partial charge in [0.2, 0.25) is 0 Å². The average Bonchev–Trinajstić information content (AvgIpc) is 2.74. The van der Waals surface area contributed by atoms with Crippen molar-refractivity contribution in [3.05, 3.63) is 34.3 Å². The minimum Gasteiger partial charge on any atom is -0.388 e. The largest absolute Gasteiger partial charge is 0.388 e. The number of nitrogens with one attached hydrogen (secondary N) is 2. The highest BCUT2D eigenvalue weighted by Crippen LogP contribution is 2.45. The number of aliphatic hydroxyl groups excluding tert-OH is 1. The molecule has 1 aliphatic heterocycles. The first-order valence-electron chi connectivity index (χ1n) is 11.3. The molecule has 3 N–H and O–H groups in total. The Morgan fingerprint density at radius 2 is 1.90 bits per heavy atom. The number of rotatable bonds is 5. The minimum atomic E-state index is -1.10. The van der Waals surface area contributed by atoms with Crippen LogP contribution in [0.1, 0.15) is 76.5 Å². The maximum absolute atomic E-state index is 14.0. The fraction of sp³-hybridized carbons (Fsp3) is 0.667. The molecule has 1 aliphatic carbocycles. The number of hydrogen-bond donors (Lipinski definition) is 3. The Kier molecular flexibility index (Phi) is 7.32. The number of nitrogens with zero attached hydrogens (tertiary/aromatic N) is 1. The number of piperidine rings is 1. The number of hydrogen-bond acceptors (Lipinski definition) is 3. The maximum Gasteiger partial charge on any atom is 0.317 e. The molecule has 1 saturated carbocycles. The predicted molar refractivity (Wildman–Crippen MR) is 123 cm³/mol. The van der Waals surface area contributed by atoms with Gasteiger partial charge >= 0.3 is 6.03 Å². The predicted octanol–water partition coefficient (Wildman–Crippen LogP) is 5.49. The SMILES string of the molecule is CC1(F)CCC(NC(=O)N2CCC(C(C)(C)C(O)c3cc(Cl)cc(C=N)c3)CC2)CC1. The summed E-state index contributed by atoms with van der Waals surface area (Å²) in [5.41, 5.74) is -0.122. The fourth-order valence-corrected chi connectivity index (χ4v) is 5.24. The van der Waals surface area contributed by atoms with E-state index >= 15 is 0 Å². The van der Waals surface area contributed by atoms with Crippen molar-refractivity contribution in [2.24, 2.45) is 11.3 Å². The second kappa shape index (κ2) is 9.45. The van der Waals surface area contributed by atoms with E-state index in [1.54, 1.807) is 25.1 Å². The number of likely N-dealkylation sites (tertiary alicyclic amines) is 1. The molecular weight excluding hydrogens is 417 g/mol. The Morgan fingerprint density at radius 3 is 2.48 bits per heavy atom. The molecule has 1 saturated heterocycles. The Labute approximate surface area is 189 Å². The van der Waals surface area contributed by atoms with Crippen molar-refractivity contribution in [3.63, 3.8) is 0 Å². The Bertz CT molecular complexity index is 796. The van der Waals surface area contributed by atoms with Crippen LogP contribution in [0.4, 0.5) is 9.18 Å². The van der Waals surface area contributed by atoms with Crippen LogP contribution in [-0.4, -0.2) is 47.1 Å². The number of aliphatic hydroxyl groups is 1. The first-order valence-corrected chi connectivity index (χ1v) is 11.6. The van der Waals surface area contributed by atoms with Gasteiger partial charge in [0.1, 0.15) is 5.67 Å². The lowest BCUT2D eigenvalue weighted by Crippen LogP contribution is -2.50. The number of amides is 2. The molecule has 2 amide bonds. The summed E-state index contributed by atoms with van der Waals surface area (Å²) in [6.45, 7) is 7.03. The summed E-state index contributed by atoms with van der Waals surface area (Å²) in [5, 5.41) is 22.2. The van der Waals surface area contributed by atoms with Gasteiger partial charge in [-0.05, 0) is 86.1 Å². The fourth-order valence-electron chi connectivity index (χ4n) is 4.99. The minimum absolute atomic E-state index is 0.0539. The first kappa shape index (κ1) is 24.0. The molecule has 1 atom stereocenters. The Hall–Kier alpha value is -1.66. The lowest BCUT2D eigenvalue weighted by atomic mass is 9.68. The summed E-state index contributed by atoms with van der Waals surface area (Å²) in [4.78, 5) is 14.5. The zero-order valence-electron chi connectivity index (χ0n) is 18.8. The number of carbonyl (C=O) groups excluding carboxylic acids is 1. The summed E-state index contributed by atoms with van der Waals surface area (Å²) in [6, 6.07) is 5.26. The van der Waals surface area contributed by atoms with Crippen LogP contribution in [0.5, 0.6) is 0 Å². The van der Waals surface area contributed by atoms with Gasteiger partial charge in [-0.25, -0.2) is 9.18 Å². The molecule has 0 radical (unpaired) electrons. The molecule has 3 rings (SSSR count). The van der Waals surface area contributed by atoms with Crippen molar-refractivity contribution >= 4 is 23.8 Å². The van der Waals surface area contributed by atoms with Gasteiger partial charge < -0.3 is 20.7 Å². The topological polar surface area (TPSA) is 76.4 Å². The third-order valence-electron chi connectivity index (χ3n) is 7.32. The van der Waals surface area contributed by atoms with E-state index in [1.807, 2.05) is 4.90 Å². The number of urea groups is 1. The molecule has 1 unspecified atom stereocenters. The summed E-state index contributed by atoms with van der Waals surface area (Å²) in [6.07, 6.45) is 4.49. The van der Waals surface area contributed by atoms with Crippen LogP contribution in [0, 0.1) is 16.7 Å². The van der Waals surface area contributed by atoms with Gasteiger partial charge in [-0.2, -0.15) is 0 Å². The van der Waals surface area contributed by atoms with E-state index in [2.05, 4.69) is 19.2 Å². The molecule has 7 heteroatoms. The molecule has 31 heavy (non-hydrogen) atoms. The smallest absolute Gasteiger partial charge is 0.317 e. The normalized spacial score (nSPS) is 26.4. The van der Waals surface area contributed by atoms with Gasteiger partial charge in [0.25, 0.3) is 0 Å². The van der Waals surface area contributed by atoms with E-state index < -0.39 is 17.2 Å². The molecule has 172 valence electrons. The van der Waals surface area contributed by atoms with Crippen LogP contribution in [0.15, 0.2) is 18.2 Å². The highest BCUT2D eigenvalue weighted by atomic mass is 35.5. The highest BCUT2D eigenvalue weighted by Gasteiger charge is 2.40. The zero-order chi connectivity index (χ0) is 22.8. The molecule has 1 aromatic carbocycles. The first-order chi connectivity index (χ1) is 14.5. The Balaban J connectivity index is 1.56. The van der Waals surface area contributed by atoms with Crippen LogP contribution < -0.4 is 5.32 Å². The van der Waals surface area contributed by atoms with Crippen molar-refractivity contribution in [2.45, 2.75) is 77.1 Å². The maximum atomic E-state index is 14.0. The van der Waals surface area contributed by atoms with Crippen molar-refractivity contribution in [2.75, 3.05) is 13.1 Å². The van der Waals surface area contributed by atoms with E-state index in [9.17, 15) is 14.3 Å². The molecule has 0 spiro atoms. The van der Waals surface area contributed by atoms with Crippen LogP contribution in [-0.2, 0) is 0 Å². The summed E-state index contributed by atoms with van der Waals surface area (Å²) >= 11 is 6.17. The molecule has 2 fully saturated rings.